The normalized spacial score (nSPS) is 14.2. The Morgan fingerprint density at radius 3 is 2.63 bits per heavy atom. The topological polar surface area (TPSA) is 66.5 Å². The highest BCUT2D eigenvalue weighted by molar-refractivity contribution is 7.92. The van der Waals surface area contributed by atoms with Crippen molar-refractivity contribution in [3.8, 4) is 0 Å². The molecule has 3 rings (SSSR count). The maximum Gasteiger partial charge on any atom is 0.262 e. The van der Waals surface area contributed by atoms with Crippen molar-refractivity contribution in [1.29, 1.82) is 0 Å². The lowest BCUT2D eigenvalue weighted by molar-refractivity contribution is -0.121. The summed E-state index contributed by atoms with van der Waals surface area (Å²) in [6, 6.07) is 10.1. The Morgan fingerprint density at radius 2 is 1.93 bits per heavy atom. The molecule has 0 saturated heterocycles. The highest BCUT2D eigenvalue weighted by Crippen LogP contribution is 2.32. The van der Waals surface area contributed by atoms with Gasteiger partial charge in [0.15, 0.2) is 0 Å². The molecule has 1 aliphatic rings. The van der Waals surface area contributed by atoms with E-state index < -0.39 is 10.0 Å². The Bertz CT molecular complexity index is 987. The summed E-state index contributed by atoms with van der Waals surface area (Å²) >= 11 is 5.97. The highest BCUT2D eigenvalue weighted by Gasteiger charge is 2.25. The SMILES string of the molecule is Cc1ccc(Cl)cc1S(=O)(=O)Nc1ccc2c(c1)N(C(=O)C(C)C)CCC2. The van der Waals surface area contributed by atoms with Gasteiger partial charge in [-0.1, -0.05) is 37.6 Å². The van der Waals surface area contributed by atoms with Gasteiger partial charge in [0.1, 0.15) is 0 Å². The molecular formula is C20H23ClN2O3S. The van der Waals surface area contributed by atoms with Gasteiger partial charge in [-0.05, 0) is 55.2 Å². The van der Waals surface area contributed by atoms with Gasteiger partial charge in [0.25, 0.3) is 10.0 Å². The molecule has 0 bridgehead atoms. The minimum absolute atomic E-state index is 0.0432. The quantitative estimate of drug-likeness (QED) is 0.819. The van der Waals surface area contributed by atoms with E-state index in [0.717, 1.165) is 24.1 Å². The van der Waals surface area contributed by atoms with Crippen molar-refractivity contribution in [2.45, 2.75) is 38.5 Å². The third kappa shape index (κ3) is 4.12. The Labute approximate surface area is 165 Å². The van der Waals surface area contributed by atoms with E-state index in [9.17, 15) is 13.2 Å². The smallest absolute Gasteiger partial charge is 0.262 e. The number of hydrogen-bond donors (Lipinski definition) is 1. The summed E-state index contributed by atoms with van der Waals surface area (Å²) < 4.78 is 28.2. The third-order valence-corrected chi connectivity index (χ3v) is 6.41. The predicted octanol–water partition coefficient (Wildman–Crippen LogP) is 4.38. The average molecular weight is 407 g/mol. The van der Waals surface area contributed by atoms with Gasteiger partial charge < -0.3 is 4.90 Å². The first-order valence-electron chi connectivity index (χ1n) is 8.92. The first-order chi connectivity index (χ1) is 12.7. The van der Waals surface area contributed by atoms with E-state index in [1.54, 1.807) is 36.1 Å². The number of amides is 1. The second-order valence-electron chi connectivity index (χ2n) is 7.11. The van der Waals surface area contributed by atoms with Crippen LogP contribution in [0.2, 0.25) is 5.02 Å². The zero-order valence-corrected chi connectivity index (χ0v) is 17.2. The summed E-state index contributed by atoms with van der Waals surface area (Å²) in [4.78, 5) is 14.4. The van der Waals surface area contributed by atoms with Gasteiger partial charge in [0, 0.05) is 23.2 Å². The van der Waals surface area contributed by atoms with E-state index in [1.807, 2.05) is 19.9 Å². The maximum atomic E-state index is 12.8. The number of aryl methyl sites for hydroxylation is 2. The van der Waals surface area contributed by atoms with Crippen LogP contribution in [0.3, 0.4) is 0 Å². The lowest BCUT2D eigenvalue weighted by Crippen LogP contribution is -2.38. The lowest BCUT2D eigenvalue weighted by atomic mass is 9.99. The number of anilines is 2. The van der Waals surface area contributed by atoms with Gasteiger partial charge in [-0.3, -0.25) is 9.52 Å². The molecule has 0 aromatic heterocycles. The lowest BCUT2D eigenvalue weighted by Gasteiger charge is -2.31. The fourth-order valence-corrected chi connectivity index (χ4v) is 4.81. The van der Waals surface area contributed by atoms with E-state index in [1.165, 1.54) is 6.07 Å². The van der Waals surface area contributed by atoms with Crippen molar-refractivity contribution in [2.24, 2.45) is 5.92 Å². The molecule has 7 heteroatoms. The van der Waals surface area contributed by atoms with Gasteiger partial charge >= 0.3 is 0 Å². The van der Waals surface area contributed by atoms with E-state index in [2.05, 4.69) is 4.72 Å². The molecule has 2 aromatic rings. The van der Waals surface area contributed by atoms with Crippen molar-refractivity contribution < 1.29 is 13.2 Å². The Hall–Kier alpha value is -2.05. The molecule has 0 spiro atoms. The summed E-state index contributed by atoms with van der Waals surface area (Å²) in [7, 11) is -3.78. The Kier molecular flexibility index (Phi) is 5.49. The highest BCUT2D eigenvalue weighted by atomic mass is 35.5. The zero-order valence-electron chi connectivity index (χ0n) is 15.6. The summed E-state index contributed by atoms with van der Waals surface area (Å²) in [5, 5.41) is 0.361. The summed E-state index contributed by atoms with van der Waals surface area (Å²) in [6.07, 6.45) is 1.77. The number of nitrogens with zero attached hydrogens (tertiary/aromatic N) is 1. The maximum absolute atomic E-state index is 12.8. The number of halogens is 1. The van der Waals surface area contributed by atoms with Crippen LogP contribution in [0, 0.1) is 12.8 Å². The van der Waals surface area contributed by atoms with E-state index in [0.29, 0.717) is 22.8 Å². The molecule has 0 radical (unpaired) electrons. The second-order valence-corrected chi connectivity index (χ2v) is 9.19. The number of carbonyl (C=O) groups excluding carboxylic acids is 1. The van der Waals surface area contributed by atoms with Gasteiger partial charge in [0.2, 0.25) is 5.91 Å². The first-order valence-corrected chi connectivity index (χ1v) is 10.8. The standard InChI is InChI=1S/C20H23ClN2O3S/c1-13(2)20(24)23-10-4-5-15-7-9-17(12-18(15)23)22-27(25,26)19-11-16(21)8-6-14(19)3/h6-9,11-13,22H,4-5,10H2,1-3H3. The van der Waals surface area contributed by atoms with Crippen LogP contribution in [0.15, 0.2) is 41.3 Å². The zero-order chi connectivity index (χ0) is 19.8. The van der Waals surface area contributed by atoms with Crippen LogP contribution >= 0.6 is 11.6 Å². The van der Waals surface area contributed by atoms with Crippen LogP contribution < -0.4 is 9.62 Å². The number of rotatable bonds is 4. The van der Waals surface area contributed by atoms with Crippen LogP contribution in [0.5, 0.6) is 0 Å². The molecule has 1 aliphatic heterocycles. The first kappa shape index (κ1) is 19.7. The molecule has 0 saturated carbocycles. The van der Waals surface area contributed by atoms with E-state index in [-0.39, 0.29) is 16.7 Å². The molecule has 1 heterocycles. The fourth-order valence-electron chi connectivity index (χ4n) is 3.25. The van der Waals surface area contributed by atoms with Crippen molar-refractivity contribution >= 4 is 38.9 Å². The molecule has 0 unspecified atom stereocenters. The number of nitrogens with one attached hydrogen (secondary N) is 1. The Balaban J connectivity index is 1.96. The van der Waals surface area contributed by atoms with Crippen molar-refractivity contribution in [3.05, 3.63) is 52.5 Å². The number of fused-ring (bicyclic) bond motifs is 1. The molecule has 144 valence electrons. The van der Waals surface area contributed by atoms with Crippen LogP contribution in [0.4, 0.5) is 11.4 Å². The van der Waals surface area contributed by atoms with E-state index >= 15 is 0 Å². The third-order valence-electron chi connectivity index (χ3n) is 4.66. The molecular weight excluding hydrogens is 384 g/mol. The summed E-state index contributed by atoms with van der Waals surface area (Å²) in [5.41, 5.74) is 2.87. The summed E-state index contributed by atoms with van der Waals surface area (Å²) in [5.74, 6) is -0.0768. The minimum Gasteiger partial charge on any atom is -0.312 e. The molecule has 2 aromatic carbocycles. The van der Waals surface area contributed by atoms with E-state index in [4.69, 9.17) is 11.6 Å². The molecule has 27 heavy (non-hydrogen) atoms. The molecule has 5 nitrogen and oxygen atoms in total. The predicted molar refractivity (Wildman–Crippen MR) is 109 cm³/mol. The number of hydrogen-bond acceptors (Lipinski definition) is 3. The second kappa shape index (κ2) is 7.52. The van der Waals surface area contributed by atoms with Crippen LogP contribution in [-0.2, 0) is 21.2 Å². The number of sulfonamides is 1. The number of benzene rings is 2. The molecule has 0 atom stereocenters. The van der Waals surface area contributed by atoms with Crippen LogP contribution in [0.25, 0.3) is 0 Å². The fraction of sp³-hybridized carbons (Fsp3) is 0.350. The molecule has 1 N–H and O–H groups in total. The monoisotopic (exact) mass is 406 g/mol. The van der Waals surface area contributed by atoms with Gasteiger partial charge in [-0.15, -0.1) is 0 Å². The summed E-state index contributed by atoms with van der Waals surface area (Å²) in [6.45, 7) is 6.10. The molecule has 1 amide bonds. The largest absolute Gasteiger partial charge is 0.312 e. The van der Waals surface area contributed by atoms with Crippen molar-refractivity contribution in [2.75, 3.05) is 16.2 Å². The van der Waals surface area contributed by atoms with Crippen molar-refractivity contribution in [3.63, 3.8) is 0 Å². The molecule has 0 aliphatic carbocycles. The number of carbonyl (C=O) groups is 1. The van der Waals surface area contributed by atoms with Crippen LogP contribution in [0.1, 0.15) is 31.4 Å². The van der Waals surface area contributed by atoms with Gasteiger partial charge in [-0.2, -0.15) is 0 Å². The Morgan fingerprint density at radius 1 is 1.19 bits per heavy atom. The minimum atomic E-state index is -3.78. The molecule has 0 fully saturated rings. The van der Waals surface area contributed by atoms with Gasteiger partial charge in [0.05, 0.1) is 10.6 Å². The van der Waals surface area contributed by atoms with Crippen molar-refractivity contribution in [1.82, 2.24) is 0 Å². The van der Waals surface area contributed by atoms with Crippen LogP contribution in [-0.4, -0.2) is 20.9 Å². The average Bonchev–Trinajstić information content (AvgIpc) is 2.62. The van der Waals surface area contributed by atoms with Gasteiger partial charge in [-0.25, -0.2) is 8.42 Å².